The number of benzene rings is 1. The smallest absolute Gasteiger partial charge is 0.165 e. The lowest BCUT2D eigenvalue weighted by atomic mass is 10.00. The van der Waals surface area contributed by atoms with Gasteiger partial charge in [-0.15, -0.1) is 0 Å². The van der Waals surface area contributed by atoms with Gasteiger partial charge in [-0.3, -0.25) is 4.98 Å². The summed E-state index contributed by atoms with van der Waals surface area (Å²) in [6, 6.07) is 6.76. The number of nitrogens with zero attached hydrogens (tertiary/aromatic N) is 3. The van der Waals surface area contributed by atoms with Gasteiger partial charge in [0.2, 0.25) is 0 Å². The maximum absolute atomic E-state index is 14.5. The number of pyridine rings is 1. The molecule has 1 aromatic carbocycles. The van der Waals surface area contributed by atoms with Gasteiger partial charge >= 0.3 is 0 Å². The summed E-state index contributed by atoms with van der Waals surface area (Å²) in [6.07, 6.45) is 5.60. The van der Waals surface area contributed by atoms with Crippen molar-refractivity contribution in [2.24, 2.45) is 5.92 Å². The highest BCUT2D eigenvalue weighted by Crippen LogP contribution is 2.29. The predicted molar refractivity (Wildman–Crippen MR) is 113 cm³/mol. The maximum atomic E-state index is 14.5. The van der Waals surface area contributed by atoms with E-state index in [0.29, 0.717) is 23.0 Å². The molecule has 0 saturated carbocycles. The van der Waals surface area contributed by atoms with E-state index < -0.39 is 5.82 Å². The number of piperidine rings is 1. The summed E-state index contributed by atoms with van der Waals surface area (Å²) >= 11 is 0. The number of aromatic nitrogens is 3. The van der Waals surface area contributed by atoms with Crippen molar-refractivity contribution in [3.05, 3.63) is 42.5 Å². The molecule has 29 heavy (non-hydrogen) atoms. The second-order valence-electron chi connectivity index (χ2n) is 7.69. The Labute approximate surface area is 169 Å². The fraction of sp³-hybridized carbons (Fsp3) is 0.409. The van der Waals surface area contributed by atoms with E-state index in [9.17, 15) is 4.39 Å². The van der Waals surface area contributed by atoms with Gasteiger partial charge in [-0.2, -0.15) is 0 Å². The minimum absolute atomic E-state index is 0.0884. The SMILES string of the molecule is CC(C)Oc1ccc(-c2cc3nccnc3c(NC[C@@H]3CCCNC3)n2)cc1F. The molecule has 7 heteroatoms. The van der Waals surface area contributed by atoms with Gasteiger partial charge in [-0.1, -0.05) is 0 Å². The molecule has 2 N–H and O–H groups in total. The van der Waals surface area contributed by atoms with Gasteiger partial charge in [0.05, 0.1) is 17.3 Å². The summed E-state index contributed by atoms with van der Waals surface area (Å²) in [5.74, 6) is 1.07. The molecule has 152 valence electrons. The minimum atomic E-state index is -0.403. The minimum Gasteiger partial charge on any atom is -0.488 e. The van der Waals surface area contributed by atoms with Crippen molar-refractivity contribution in [3.8, 4) is 17.0 Å². The summed E-state index contributed by atoms with van der Waals surface area (Å²) in [5.41, 5.74) is 2.77. The van der Waals surface area contributed by atoms with Crippen molar-refractivity contribution in [3.63, 3.8) is 0 Å². The number of fused-ring (bicyclic) bond motifs is 1. The van der Waals surface area contributed by atoms with Crippen LogP contribution in [0.4, 0.5) is 10.2 Å². The molecule has 2 aromatic heterocycles. The molecule has 0 aliphatic carbocycles. The summed E-state index contributed by atoms with van der Waals surface area (Å²) in [7, 11) is 0. The van der Waals surface area contributed by atoms with E-state index in [-0.39, 0.29) is 11.9 Å². The van der Waals surface area contributed by atoms with Crippen LogP contribution >= 0.6 is 0 Å². The fourth-order valence-electron chi connectivity index (χ4n) is 3.59. The maximum Gasteiger partial charge on any atom is 0.165 e. The van der Waals surface area contributed by atoms with Crippen molar-refractivity contribution in [2.75, 3.05) is 25.0 Å². The zero-order valence-corrected chi connectivity index (χ0v) is 16.8. The number of hydrogen-bond acceptors (Lipinski definition) is 6. The molecule has 3 heterocycles. The Hall–Kier alpha value is -2.80. The van der Waals surface area contributed by atoms with E-state index in [0.717, 1.165) is 30.7 Å². The van der Waals surface area contributed by atoms with Gasteiger partial charge in [0.25, 0.3) is 0 Å². The van der Waals surface area contributed by atoms with Gasteiger partial charge < -0.3 is 15.4 Å². The van der Waals surface area contributed by atoms with E-state index in [2.05, 4.69) is 20.6 Å². The lowest BCUT2D eigenvalue weighted by Crippen LogP contribution is -2.33. The molecule has 1 fully saturated rings. The average Bonchev–Trinajstić information content (AvgIpc) is 2.73. The fourth-order valence-corrected chi connectivity index (χ4v) is 3.59. The predicted octanol–water partition coefficient (Wildman–Crippen LogP) is 4.03. The number of halogens is 1. The largest absolute Gasteiger partial charge is 0.488 e. The van der Waals surface area contributed by atoms with Crippen LogP contribution in [0.2, 0.25) is 0 Å². The standard InChI is InChI=1S/C22H26FN5O/c1-14(2)29-20-6-5-16(10-17(20)23)18-11-19-21(26-9-8-25-19)22(28-18)27-13-15-4-3-7-24-12-15/h5-6,8-11,14-15,24H,3-4,7,12-13H2,1-2H3,(H,27,28)/t15-/m1/s1. The van der Waals surface area contributed by atoms with E-state index >= 15 is 0 Å². The van der Waals surface area contributed by atoms with Gasteiger partial charge in [0.1, 0.15) is 5.52 Å². The molecule has 0 spiro atoms. The van der Waals surface area contributed by atoms with Crippen molar-refractivity contribution in [1.82, 2.24) is 20.3 Å². The first-order chi connectivity index (χ1) is 14.1. The number of hydrogen-bond donors (Lipinski definition) is 2. The first-order valence-corrected chi connectivity index (χ1v) is 10.1. The first kappa shape index (κ1) is 19.5. The second kappa shape index (κ2) is 8.69. The Morgan fingerprint density at radius 1 is 1.24 bits per heavy atom. The quantitative estimate of drug-likeness (QED) is 0.657. The van der Waals surface area contributed by atoms with E-state index in [1.807, 2.05) is 26.0 Å². The average molecular weight is 395 g/mol. The van der Waals surface area contributed by atoms with Gasteiger partial charge in [0, 0.05) is 24.5 Å². The number of anilines is 1. The van der Waals surface area contributed by atoms with Crippen molar-refractivity contribution in [1.29, 1.82) is 0 Å². The molecule has 0 unspecified atom stereocenters. The molecule has 0 bridgehead atoms. The Balaban J connectivity index is 1.65. The molecule has 3 aromatic rings. The van der Waals surface area contributed by atoms with Gasteiger partial charge in [-0.05, 0) is 70.0 Å². The Kier molecular flexibility index (Phi) is 5.85. The number of ether oxygens (including phenoxy) is 1. The van der Waals surface area contributed by atoms with Crippen molar-refractivity contribution >= 4 is 16.9 Å². The molecule has 6 nitrogen and oxygen atoms in total. The normalized spacial score (nSPS) is 16.9. The highest BCUT2D eigenvalue weighted by atomic mass is 19.1. The summed E-state index contributed by atoms with van der Waals surface area (Å²) in [4.78, 5) is 13.6. The molecule has 1 atom stereocenters. The number of nitrogens with one attached hydrogen (secondary N) is 2. The van der Waals surface area contributed by atoms with Crippen LogP contribution in [0.5, 0.6) is 5.75 Å². The van der Waals surface area contributed by atoms with Crippen LogP contribution in [-0.2, 0) is 0 Å². The van der Waals surface area contributed by atoms with Crippen molar-refractivity contribution in [2.45, 2.75) is 32.8 Å². The van der Waals surface area contributed by atoms with Crippen LogP contribution < -0.4 is 15.4 Å². The third-order valence-electron chi connectivity index (χ3n) is 5.00. The third-order valence-corrected chi connectivity index (χ3v) is 5.00. The monoisotopic (exact) mass is 395 g/mol. The third kappa shape index (κ3) is 4.62. The lowest BCUT2D eigenvalue weighted by molar-refractivity contribution is 0.231. The van der Waals surface area contributed by atoms with E-state index in [1.54, 1.807) is 18.5 Å². The molecule has 4 rings (SSSR count). The zero-order chi connectivity index (χ0) is 20.2. The molecule has 0 radical (unpaired) electrons. The Morgan fingerprint density at radius 2 is 2.10 bits per heavy atom. The van der Waals surface area contributed by atoms with E-state index in [4.69, 9.17) is 9.72 Å². The molecule has 0 amide bonds. The van der Waals surface area contributed by atoms with Crippen LogP contribution in [0.3, 0.4) is 0 Å². The van der Waals surface area contributed by atoms with Crippen LogP contribution in [0.15, 0.2) is 36.7 Å². The highest BCUT2D eigenvalue weighted by Gasteiger charge is 2.16. The summed E-state index contributed by atoms with van der Waals surface area (Å²) in [6.45, 7) is 6.64. The molecule has 1 saturated heterocycles. The van der Waals surface area contributed by atoms with E-state index in [1.165, 1.54) is 18.9 Å². The van der Waals surface area contributed by atoms with Crippen LogP contribution in [-0.4, -0.2) is 40.7 Å². The lowest BCUT2D eigenvalue weighted by Gasteiger charge is -2.23. The first-order valence-electron chi connectivity index (χ1n) is 10.1. The summed E-state index contributed by atoms with van der Waals surface area (Å²) in [5, 5.41) is 6.88. The van der Waals surface area contributed by atoms with Crippen LogP contribution in [0, 0.1) is 11.7 Å². The molecular weight excluding hydrogens is 369 g/mol. The summed E-state index contributed by atoms with van der Waals surface area (Å²) < 4.78 is 20.0. The molecular formula is C22H26FN5O. The topological polar surface area (TPSA) is 72.0 Å². The van der Waals surface area contributed by atoms with Crippen LogP contribution in [0.1, 0.15) is 26.7 Å². The Bertz CT molecular complexity index is 988. The number of rotatable bonds is 6. The Morgan fingerprint density at radius 3 is 2.86 bits per heavy atom. The molecule has 1 aliphatic heterocycles. The van der Waals surface area contributed by atoms with Gasteiger partial charge in [-0.25, -0.2) is 14.4 Å². The second-order valence-corrected chi connectivity index (χ2v) is 7.69. The molecule has 1 aliphatic rings. The van der Waals surface area contributed by atoms with Gasteiger partial charge in [0.15, 0.2) is 17.4 Å². The highest BCUT2D eigenvalue weighted by molar-refractivity contribution is 5.88. The zero-order valence-electron chi connectivity index (χ0n) is 16.8. The van der Waals surface area contributed by atoms with Crippen LogP contribution in [0.25, 0.3) is 22.3 Å². The van der Waals surface area contributed by atoms with Crippen molar-refractivity contribution < 1.29 is 9.13 Å².